The summed E-state index contributed by atoms with van der Waals surface area (Å²) in [5, 5.41) is 13.5. The molecule has 2 rings (SSSR count). The first-order valence-electron chi connectivity index (χ1n) is 8.93. The summed E-state index contributed by atoms with van der Waals surface area (Å²) < 4.78 is 18.0. The summed E-state index contributed by atoms with van der Waals surface area (Å²) in [4.78, 5) is 20.0. The fraction of sp³-hybridized carbons (Fsp3) is 0.556. The number of hydrogen-bond acceptors (Lipinski definition) is 4. The topological polar surface area (TPSA) is 77.4 Å². The zero-order chi connectivity index (χ0) is 18.9. The number of aliphatic hydroxyl groups excluding tert-OH is 1. The molecule has 1 aromatic rings. The summed E-state index contributed by atoms with van der Waals surface area (Å²) >= 11 is 0. The highest BCUT2D eigenvalue weighted by atomic mass is 127. The molecule has 0 aliphatic carbocycles. The van der Waals surface area contributed by atoms with Gasteiger partial charge in [0.15, 0.2) is 5.96 Å². The van der Waals surface area contributed by atoms with Gasteiger partial charge in [0, 0.05) is 32.7 Å². The molecular weight excluding hydrogens is 466 g/mol. The minimum Gasteiger partial charge on any atom is -0.450 e. The van der Waals surface area contributed by atoms with Crippen molar-refractivity contribution in [3.63, 3.8) is 0 Å². The van der Waals surface area contributed by atoms with Crippen molar-refractivity contribution in [1.82, 2.24) is 15.1 Å². The van der Waals surface area contributed by atoms with Crippen molar-refractivity contribution in [1.29, 1.82) is 0 Å². The molecule has 1 unspecified atom stereocenters. The van der Waals surface area contributed by atoms with Crippen LogP contribution in [0.3, 0.4) is 0 Å². The molecule has 1 aromatic carbocycles. The van der Waals surface area contributed by atoms with Gasteiger partial charge in [0.25, 0.3) is 0 Å². The van der Waals surface area contributed by atoms with Crippen LogP contribution in [0, 0.1) is 5.82 Å². The molecule has 1 heterocycles. The number of carbonyl (C=O) groups excluding carboxylic acids is 1. The van der Waals surface area contributed by atoms with Crippen LogP contribution in [0.25, 0.3) is 0 Å². The van der Waals surface area contributed by atoms with Crippen LogP contribution in [-0.4, -0.2) is 72.8 Å². The third-order valence-corrected chi connectivity index (χ3v) is 4.11. The molecule has 9 heteroatoms. The fourth-order valence-electron chi connectivity index (χ4n) is 2.70. The quantitative estimate of drug-likeness (QED) is 0.373. The van der Waals surface area contributed by atoms with Crippen LogP contribution in [0.15, 0.2) is 29.3 Å². The van der Waals surface area contributed by atoms with Crippen molar-refractivity contribution in [2.24, 2.45) is 4.99 Å². The van der Waals surface area contributed by atoms with Crippen molar-refractivity contribution < 1.29 is 19.0 Å². The second-order valence-corrected chi connectivity index (χ2v) is 5.93. The van der Waals surface area contributed by atoms with Gasteiger partial charge in [0.2, 0.25) is 0 Å². The van der Waals surface area contributed by atoms with E-state index in [0.29, 0.717) is 50.9 Å². The van der Waals surface area contributed by atoms with Crippen LogP contribution in [0.5, 0.6) is 0 Å². The average molecular weight is 494 g/mol. The minimum absolute atomic E-state index is 0. The van der Waals surface area contributed by atoms with Gasteiger partial charge in [-0.3, -0.25) is 4.99 Å². The SMILES string of the molecule is CCNC(=NCC(O)c1ccc(F)cc1)N1CCN(C(=O)OCC)CC1.I. The number of rotatable bonds is 5. The van der Waals surface area contributed by atoms with E-state index in [-0.39, 0.29) is 42.4 Å². The molecule has 1 atom stereocenters. The summed E-state index contributed by atoms with van der Waals surface area (Å²) in [6, 6.07) is 5.76. The molecule has 0 spiro atoms. The molecule has 152 valence electrons. The standard InChI is InChI=1S/C18H27FN4O3.HI/c1-3-20-17(21-13-16(24)14-5-7-15(19)8-6-14)22-9-11-23(12-10-22)18(25)26-4-2;/h5-8,16,24H,3-4,9-13H2,1-2H3,(H,20,21);1H. The average Bonchev–Trinajstić information content (AvgIpc) is 2.66. The van der Waals surface area contributed by atoms with Crippen LogP contribution in [0.2, 0.25) is 0 Å². The maximum atomic E-state index is 13.0. The summed E-state index contributed by atoms with van der Waals surface area (Å²) in [5.74, 6) is 0.356. The number of piperazine rings is 1. The second kappa shape index (κ2) is 12.0. The smallest absolute Gasteiger partial charge is 0.409 e. The van der Waals surface area contributed by atoms with E-state index in [2.05, 4.69) is 15.2 Å². The molecule has 1 amide bonds. The van der Waals surface area contributed by atoms with E-state index in [1.807, 2.05) is 6.92 Å². The Morgan fingerprint density at radius 1 is 1.22 bits per heavy atom. The van der Waals surface area contributed by atoms with E-state index in [1.165, 1.54) is 12.1 Å². The Labute approximate surface area is 176 Å². The summed E-state index contributed by atoms with van der Waals surface area (Å²) in [6.07, 6.45) is -1.09. The van der Waals surface area contributed by atoms with E-state index < -0.39 is 6.10 Å². The largest absolute Gasteiger partial charge is 0.450 e. The van der Waals surface area contributed by atoms with Gasteiger partial charge in [0.05, 0.1) is 19.3 Å². The van der Waals surface area contributed by atoms with Crippen LogP contribution in [0.4, 0.5) is 9.18 Å². The first-order valence-corrected chi connectivity index (χ1v) is 8.93. The van der Waals surface area contributed by atoms with Gasteiger partial charge in [-0.05, 0) is 31.5 Å². The highest BCUT2D eigenvalue weighted by Gasteiger charge is 2.23. The van der Waals surface area contributed by atoms with E-state index in [0.717, 1.165) is 0 Å². The molecule has 0 radical (unpaired) electrons. The summed E-state index contributed by atoms with van der Waals surface area (Å²) in [5.41, 5.74) is 0.623. The molecule has 1 aliphatic heterocycles. The first kappa shape index (κ1) is 23.4. The maximum Gasteiger partial charge on any atom is 0.409 e. The second-order valence-electron chi connectivity index (χ2n) is 5.93. The molecule has 27 heavy (non-hydrogen) atoms. The fourth-order valence-corrected chi connectivity index (χ4v) is 2.70. The van der Waals surface area contributed by atoms with E-state index in [1.54, 1.807) is 24.0 Å². The van der Waals surface area contributed by atoms with Crippen molar-refractivity contribution >= 4 is 36.0 Å². The lowest BCUT2D eigenvalue weighted by Gasteiger charge is -2.36. The zero-order valence-electron chi connectivity index (χ0n) is 15.7. The molecule has 7 nitrogen and oxygen atoms in total. The normalized spacial score (nSPS) is 15.8. The Kier molecular flexibility index (Phi) is 10.4. The molecule has 1 aliphatic rings. The highest BCUT2D eigenvalue weighted by Crippen LogP contribution is 2.14. The summed E-state index contributed by atoms with van der Waals surface area (Å²) in [7, 11) is 0. The number of carbonyl (C=O) groups is 1. The van der Waals surface area contributed by atoms with Gasteiger partial charge in [-0.25, -0.2) is 9.18 Å². The molecule has 0 saturated carbocycles. The van der Waals surface area contributed by atoms with E-state index in [9.17, 15) is 14.3 Å². The van der Waals surface area contributed by atoms with Crippen LogP contribution in [-0.2, 0) is 4.74 Å². The lowest BCUT2D eigenvalue weighted by molar-refractivity contribution is 0.0914. The number of nitrogens with one attached hydrogen (secondary N) is 1. The van der Waals surface area contributed by atoms with Crippen molar-refractivity contribution in [3.8, 4) is 0 Å². The Morgan fingerprint density at radius 2 is 1.81 bits per heavy atom. The van der Waals surface area contributed by atoms with Crippen molar-refractivity contribution in [2.75, 3.05) is 45.9 Å². The van der Waals surface area contributed by atoms with Gasteiger partial charge in [-0.2, -0.15) is 0 Å². The van der Waals surface area contributed by atoms with Gasteiger partial charge < -0.3 is 25.0 Å². The number of hydrogen-bond donors (Lipinski definition) is 2. The molecule has 1 fully saturated rings. The van der Waals surface area contributed by atoms with E-state index in [4.69, 9.17) is 4.74 Å². The number of aliphatic hydroxyl groups is 1. The van der Waals surface area contributed by atoms with Crippen molar-refractivity contribution in [3.05, 3.63) is 35.6 Å². The Hall–Kier alpha value is -1.62. The van der Waals surface area contributed by atoms with Crippen molar-refractivity contribution in [2.45, 2.75) is 20.0 Å². The number of benzene rings is 1. The third-order valence-electron chi connectivity index (χ3n) is 4.11. The highest BCUT2D eigenvalue weighted by molar-refractivity contribution is 14.0. The Bertz CT molecular complexity index is 607. The molecule has 0 aromatic heterocycles. The lowest BCUT2D eigenvalue weighted by Crippen LogP contribution is -2.54. The van der Waals surface area contributed by atoms with Gasteiger partial charge in [-0.15, -0.1) is 24.0 Å². The molecule has 0 bridgehead atoms. The molecular formula is C18H28FIN4O3. The Balaban J connectivity index is 0.00000364. The van der Waals surface area contributed by atoms with Crippen LogP contribution >= 0.6 is 24.0 Å². The predicted octanol–water partition coefficient (Wildman–Crippen LogP) is 2.22. The number of guanidine groups is 1. The number of halogens is 2. The predicted molar refractivity (Wildman–Crippen MR) is 113 cm³/mol. The third kappa shape index (κ3) is 7.13. The molecule has 1 saturated heterocycles. The van der Waals surface area contributed by atoms with Gasteiger partial charge in [-0.1, -0.05) is 12.1 Å². The van der Waals surface area contributed by atoms with Gasteiger partial charge >= 0.3 is 6.09 Å². The minimum atomic E-state index is -0.801. The number of aliphatic imine (C=N–C) groups is 1. The summed E-state index contributed by atoms with van der Waals surface area (Å²) in [6.45, 7) is 7.39. The first-order chi connectivity index (χ1) is 12.5. The number of ether oxygens (including phenoxy) is 1. The van der Waals surface area contributed by atoms with E-state index >= 15 is 0 Å². The van der Waals surface area contributed by atoms with Crippen LogP contribution < -0.4 is 5.32 Å². The van der Waals surface area contributed by atoms with Crippen LogP contribution in [0.1, 0.15) is 25.5 Å². The number of nitrogens with zero attached hydrogens (tertiary/aromatic N) is 3. The Morgan fingerprint density at radius 3 is 2.37 bits per heavy atom. The number of amides is 1. The zero-order valence-corrected chi connectivity index (χ0v) is 18.1. The lowest BCUT2D eigenvalue weighted by atomic mass is 10.1. The molecule has 2 N–H and O–H groups in total. The maximum absolute atomic E-state index is 13.0. The van der Waals surface area contributed by atoms with Gasteiger partial charge in [0.1, 0.15) is 5.82 Å². The monoisotopic (exact) mass is 494 g/mol.